The van der Waals surface area contributed by atoms with Crippen molar-refractivity contribution in [2.75, 3.05) is 26.7 Å². The first-order chi connectivity index (χ1) is 6.56. The van der Waals surface area contributed by atoms with Crippen molar-refractivity contribution in [1.29, 1.82) is 0 Å². The van der Waals surface area contributed by atoms with Gasteiger partial charge in [-0.15, -0.1) is 0 Å². The minimum atomic E-state index is -0.865. The summed E-state index contributed by atoms with van der Waals surface area (Å²) in [5, 5.41) is 8.43. The summed E-state index contributed by atoms with van der Waals surface area (Å²) in [4.78, 5) is 22.5. The first kappa shape index (κ1) is 12.6. The summed E-state index contributed by atoms with van der Waals surface area (Å²) < 4.78 is 4.72. The lowest BCUT2D eigenvalue weighted by atomic mass is 10.4. The van der Waals surface area contributed by atoms with Gasteiger partial charge in [0.1, 0.15) is 0 Å². The molecule has 0 aromatic heterocycles. The van der Waals surface area contributed by atoms with Gasteiger partial charge in [-0.25, -0.2) is 4.79 Å². The van der Waals surface area contributed by atoms with Crippen molar-refractivity contribution in [3.05, 3.63) is 12.7 Å². The summed E-state index contributed by atoms with van der Waals surface area (Å²) in [6.07, 6.45) is 1.71. The van der Waals surface area contributed by atoms with Crippen LogP contribution in [0.25, 0.3) is 0 Å². The number of carboxylic acid groups (broad SMARTS) is 1. The van der Waals surface area contributed by atoms with Crippen LogP contribution in [0.15, 0.2) is 12.7 Å². The normalized spacial score (nSPS) is 9.86. The summed E-state index contributed by atoms with van der Waals surface area (Å²) in [7, 11) is 1.70. The standard InChI is InChI=1S/C9H15NO4/c1-3-9(13)14-6-4-5-10(2)7-8(11)12/h3H,1,4-7H2,2H3,(H,11,12). The predicted octanol–water partition coefficient (Wildman–Crippen LogP) is 0.122. The maximum Gasteiger partial charge on any atom is 0.330 e. The zero-order valence-corrected chi connectivity index (χ0v) is 8.23. The van der Waals surface area contributed by atoms with Crippen LogP contribution in [0.3, 0.4) is 0 Å². The largest absolute Gasteiger partial charge is 0.480 e. The Morgan fingerprint density at radius 2 is 2.21 bits per heavy atom. The molecule has 0 aliphatic carbocycles. The molecule has 0 fully saturated rings. The second-order valence-electron chi connectivity index (χ2n) is 2.86. The highest BCUT2D eigenvalue weighted by atomic mass is 16.5. The summed E-state index contributed by atoms with van der Waals surface area (Å²) in [6.45, 7) is 4.11. The minimum absolute atomic E-state index is 0.00456. The van der Waals surface area contributed by atoms with Gasteiger partial charge in [-0.05, 0) is 13.5 Å². The molecule has 0 saturated heterocycles. The van der Waals surface area contributed by atoms with E-state index in [4.69, 9.17) is 9.84 Å². The van der Waals surface area contributed by atoms with Crippen LogP contribution in [0.1, 0.15) is 6.42 Å². The van der Waals surface area contributed by atoms with E-state index in [0.29, 0.717) is 13.0 Å². The molecule has 0 unspecified atom stereocenters. The maximum atomic E-state index is 10.6. The molecule has 0 aromatic rings. The van der Waals surface area contributed by atoms with Gasteiger partial charge in [0.25, 0.3) is 0 Å². The Morgan fingerprint density at radius 3 is 2.71 bits per heavy atom. The van der Waals surface area contributed by atoms with Gasteiger partial charge >= 0.3 is 11.9 Å². The lowest BCUT2D eigenvalue weighted by Gasteiger charge is -2.12. The van der Waals surface area contributed by atoms with Gasteiger partial charge in [0.05, 0.1) is 13.2 Å². The fourth-order valence-electron chi connectivity index (χ4n) is 0.876. The molecule has 0 aromatic carbocycles. The van der Waals surface area contributed by atoms with Crippen molar-refractivity contribution in [3.8, 4) is 0 Å². The van der Waals surface area contributed by atoms with Crippen molar-refractivity contribution >= 4 is 11.9 Å². The molecule has 1 N–H and O–H groups in total. The SMILES string of the molecule is C=CC(=O)OCCCN(C)CC(=O)O. The lowest BCUT2D eigenvalue weighted by molar-refractivity contribution is -0.139. The summed E-state index contributed by atoms with van der Waals surface area (Å²) >= 11 is 0. The third kappa shape index (κ3) is 7.30. The van der Waals surface area contributed by atoms with Crippen LogP contribution in [-0.2, 0) is 14.3 Å². The quantitative estimate of drug-likeness (QED) is 0.360. The van der Waals surface area contributed by atoms with Gasteiger partial charge in [-0.3, -0.25) is 9.69 Å². The smallest absolute Gasteiger partial charge is 0.330 e. The molecule has 0 radical (unpaired) electrons. The molecule has 0 rings (SSSR count). The van der Waals surface area contributed by atoms with Crippen molar-refractivity contribution in [2.45, 2.75) is 6.42 Å². The van der Waals surface area contributed by atoms with Crippen molar-refractivity contribution in [2.24, 2.45) is 0 Å². The number of carbonyl (C=O) groups excluding carboxylic acids is 1. The van der Waals surface area contributed by atoms with E-state index in [1.54, 1.807) is 11.9 Å². The van der Waals surface area contributed by atoms with Gasteiger partial charge < -0.3 is 9.84 Å². The molecule has 80 valence electrons. The third-order valence-corrected chi connectivity index (χ3v) is 1.50. The third-order valence-electron chi connectivity index (χ3n) is 1.50. The van der Waals surface area contributed by atoms with E-state index in [0.717, 1.165) is 6.08 Å². The Kier molecular flexibility index (Phi) is 6.39. The topological polar surface area (TPSA) is 66.8 Å². The summed E-state index contributed by atoms with van der Waals surface area (Å²) in [5.74, 6) is -1.32. The number of hydrogen-bond acceptors (Lipinski definition) is 4. The number of aliphatic carboxylic acids is 1. The summed E-state index contributed by atoms with van der Waals surface area (Å²) in [6, 6.07) is 0. The molecular formula is C9H15NO4. The van der Waals surface area contributed by atoms with Crippen LogP contribution in [0.5, 0.6) is 0 Å². The van der Waals surface area contributed by atoms with Crippen LogP contribution in [0.4, 0.5) is 0 Å². The molecular weight excluding hydrogens is 186 g/mol. The van der Waals surface area contributed by atoms with Gasteiger partial charge in [0.15, 0.2) is 0 Å². The Bertz CT molecular complexity index is 215. The number of carbonyl (C=O) groups is 2. The van der Waals surface area contributed by atoms with Crippen molar-refractivity contribution in [3.63, 3.8) is 0 Å². The number of nitrogens with zero attached hydrogens (tertiary/aromatic N) is 1. The molecule has 0 saturated carbocycles. The number of carboxylic acids is 1. The number of hydrogen-bond donors (Lipinski definition) is 1. The molecule has 0 amide bonds. The average molecular weight is 201 g/mol. The first-order valence-corrected chi connectivity index (χ1v) is 4.25. The van der Waals surface area contributed by atoms with E-state index in [1.807, 2.05) is 0 Å². The molecule has 0 bridgehead atoms. The molecule has 0 atom stereocenters. The fourth-order valence-corrected chi connectivity index (χ4v) is 0.876. The van der Waals surface area contributed by atoms with Crippen LogP contribution < -0.4 is 0 Å². The molecule has 0 aliphatic rings. The molecule has 5 nitrogen and oxygen atoms in total. The van der Waals surface area contributed by atoms with E-state index in [2.05, 4.69) is 6.58 Å². The lowest BCUT2D eigenvalue weighted by Crippen LogP contribution is -2.27. The van der Waals surface area contributed by atoms with E-state index in [9.17, 15) is 9.59 Å². The predicted molar refractivity (Wildman–Crippen MR) is 50.9 cm³/mol. The van der Waals surface area contributed by atoms with E-state index < -0.39 is 11.9 Å². The number of ether oxygens (including phenoxy) is 1. The highest BCUT2D eigenvalue weighted by Gasteiger charge is 2.03. The van der Waals surface area contributed by atoms with Crippen LogP contribution in [0.2, 0.25) is 0 Å². The summed E-state index contributed by atoms with van der Waals surface area (Å²) in [5.41, 5.74) is 0. The second kappa shape index (κ2) is 7.08. The first-order valence-electron chi connectivity index (χ1n) is 4.25. The highest BCUT2D eigenvalue weighted by Crippen LogP contribution is 1.89. The molecule has 5 heteroatoms. The molecule has 0 spiro atoms. The second-order valence-corrected chi connectivity index (χ2v) is 2.86. The van der Waals surface area contributed by atoms with Crippen LogP contribution in [-0.4, -0.2) is 48.7 Å². The van der Waals surface area contributed by atoms with Crippen LogP contribution in [0, 0.1) is 0 Å². The van der Waals surface area contributed by atoms with E-state index >= 15 is 0 Å². The Hall–Kier alpha value is -1.36. The van der Waals surface area contributed by atoms with Crippen molar-refractivity contribution in [1.82, 2.24) is 4.90 Å². The zero-order valence-electron chi connectivity index (χ0n) is 8.23. The van der Waals surface area contributed by atoms with Gasteiger partial charge in [-0.1, -0.05) is 6.58 Å². The average Bonchev–Trinajstić information content (AvgIpc) is 2.10. The maximum absolute atomic E-state index is 10.6. The van der Waals surface area contributed by atoms with E-state index in [1.165, 1.54) is 0 Å². The minimum Gasteiger partial charge on any atom is -0.480 e. The number of rotatable bonds is 7. The van der Waals surface area contributed by atoms with Gasteiger partial charge in [-0.2, -0.15) is 0 Å². The fraction of sp³-hybridized carbons (Fsp3) is 0.556. The monoisotopic (exact) mass is 201 g/mol. The van der Waals surface area contributed by atoms with E-state index in [-0.39, 0.29) is 13.2 Å². The molecule has 0 heterocycles. The van der Waals surface area contributed by atoms with Crippen LogP contribution >= 0.6 is 0 Å². The molecule has 14 heavy (non-hydrogen) atoms. The van der Waals surface area contributed by atoms with Crippen molar-refractivity contribution < 1.29 is 19.4 Å². The Labute approximate surface area is 83.0 Å². The Morgan fingerprint density at radius 1 is 1.57 bits per heavy atom. The highest BCUT2D eigenvalue weighted by molar-refractivity contribution is 5.81. The van der Waals surface area contributed by atoms with Gasteiger partial charge in [0, 0.05) is 12.6 Å². The number of likely N-dealkylation sites (N-methyl/N-ethyl adjacent to an activating group) is 1. The van der Waals surface area contributed by atoms with Gasteiger partial charge in [0.2, 0.25) is 0 Å². The molecule has 0 aliphatic heterocycles. The Balaban J connectivity index is 3.40. The zero-order chi connectivity index (χ0) is 11.0. The number of esters is 1.